The number of halogens is 1. The maximum Gasteiger partial charge on any atom is 0.340 e. The molecule has 0 unspecified atom stereocenters. The van der Waals surface area contributed by atoms with E-state index in [-0.39, 0.29) is 18.1 Å². The number of benzene rings is 2. The minimum atomic E-state index is -0.497. The number of carbonyl (C=O) groups is 1. The van der Waals surface area contributed by atoms with Crippen LogP contribution in [0.5, 0.6) is 5.75 Å². The third-order valence-corrected chi connectivity index (χ3v) is 5.27. The van der Waals surface area contributed by atoms with E-state index in [9.17, 15) is 4.79 Å². The van der Waals surface area contributed by atoms with Crippen molar-refractivity contribution in [3.8, 4) is 5.75 Å². The molecule has 3 rings (SSSR count). The smallest absolute Gasteiger partial charge is 0.340 e. The number of nitrogens with two attached hydrogens (primary N) is 1. The van der Waals surface area contributed by atoms with Gasteiger partial charge in [-0.05, 0) is 38.5 Å². The van der Waals surface area contributed by atoms with Gasteiger partial charge in [-0.3, -0.25) is 0 Å². The van der Waals surface area contributed by atoms with Crippen LogP contribution in [0, 0.1) is 0 Å². The summed E-state index contributed by atoms with van der Waals surface area (Å²) in [4.78, 5) is 14.9. The van der Waals surface area contributed by atoms with Crippen molar-refractivity contribution in [1.82, 2.24) is 0 Å². The van der Waals surface area contributed by atoms with Gasteiger partial charge in [0.15, 0.2) is 0 Å². The topological polar surface area (TPSA) is 64.8 Å². The van der Waals surface area contributed by atoms with E-state index >= 15 is 0 Å². The molecule has 0 spiro atoms. The van der Waals surface area contributed by atoms with Crippen LogP contribution >= 0.6 is 11.6 Å². The zero-order valence-corrected chi connectivity index (χ0v) is 17.1. The van der Waals surface area contributed by atoms with Crippen LogP contribution in [0.25, 0.3) is 0 Å². The second-order valence-corrected chi connectivity index (χ2v) is 6.86. The summed E-state index contributed by atoms with van der Waals surface area (Å²) in [6, 6.07) is 13.4. The Morgan fingerprint density at radius 1 is 1.14 bits per heavy atom. The molecule has 2 N–H and O–H groups in total. The summed E-state index contributed by atoms with van der Waals surface area (Å²) >= 11 is 6.48. The second kappa shape index (κ2) is 8.57. The van der Waals surface area contributed by atoms with Gasteiger partial charge in [-0.2, -0.15) is 0 Å². The maximum absolute atomic E-state index is 12.7. The number of nitrogens with zero attached hydrogens (tertiary/aromatic N) is 1. The lowest BCUT2D eigenvalue weighted by Crippen LogP contribution is -2.28. The van der Waals surface area contributed by atoms with Gasteiger partial charge >= 0.3 is 5.97 Å². The predicted molar refractivity (Wildman–Crippen MR) is 112 cm³/mol. The molecule has 0 aliphatic carbocycles. The minimum absolute atomic E-state index is 0.0487. The molecule has 0 saturated heterocycles. The molecule has 0 bridgehead atoms. The average Bonchev–Trinajstić information content (AvgIpc) is 2.68. The highest BCUT2D eigenvalue weighted by Gasteiger charge is 2.36. The van der Waals surface area contributed by atoms with Crippen LogP contribution in [0.4, 0.5) is 5.69 Å². The molecule has 0 amide bonds. The Morgan fingerprint density at radius 2 is 1.86 bits per heavy atom. The Morgan fingerprint density at radius 3 is 2.50 bits per heavy atom. The van der Waals surface area contributed by atoms with E-state index in [0.29, 0.717) is 10.8 Å². The average molecular weight is 401 g/mol. The molecular weight excluding hydrogens is 376 g/mol. The highest BCUT2D eigenvalue weighted by Crippen LogP contribution is 2.45. The van der Waals surface area contributed by atoms with Gasteiger partial charge in [0.05, 0.1) is 12.5 Å². The molecule has 1 aliphatic heterocycles. The molecular formula is C22H25ClN2O3. The normalized spacial score (nSPS) is 15.6. The number of hydrogen-bond acceptors (Lipinski definition) is 5. The summed E-state index contributed by atoms with van der Waals surface area (Å²) in [5.74, 6) is -0.280. The van der Waals surface area contributed by atoms with E-state index in [2.05, 4.69) is 18.7 Å². The molecule has 1 heterocycles. The fourth-order valence-corrected chi connectivity index (χ4v) is 3.81. The highest BCUT2D eigenvalue weighted by molar-refractivity contribution is 6.31. The SMILES string of the molecule is CCOC(=O)C1=C(N)Oc2cc(N(CC)CC)ccc2[C@H]1c1ccccc1Cl. The summed E-state index contributed by atoms with van der Waals surface area (Å²) in [6.07, 6.45) is 0. The summed E-state index contributed by atoms with van der Waals surface area (Å²) in [6.45, 7) is 7.96. The Labute approximate surface area is 170 Å². The molecule has 1 atom stereocenters. The van der Waals surface area contributed by atoms with Crippen molar-refractivity contribution >= 4 is 23.3 Å². The zero-order valence-electron chi connectivity index (χ0n) is 16.4. The molecule has 5 nitrogen and oxygen atoms in total. The number of hydrogen-bond donors (Lipinski definition) is 1. The Balaban J connectivity index is 2.17. The first kappa shape index (κ1) is 20.1. The molecule has 148 valence electrons. The molecule has 0 radical (unpaired) electrons. The minimum Gasteiger partial charge on any atom is -0.462 e. The van der Waals surface area contributed by atoms with Crippen molar-refractivity contribution in [2.75, 3.05) is 24.6 Å². The van der Waals surface area contributed by atoms with Gasteiger partial charge < -0.3 is 20.1 Å². The standard InChI is InChI=1S/C22H25ClN2O3/c1-4-25(5-2)14-11-12-16-18(13-14)28-21(24)20(22(26)27-6-3)19(16)15-9-7-8-10-17(15)23/h7-13,19H,4-6,24H2,1-3H3/t19-/m1/s1. The van der Waals surface area contributed by atoms with Crippen LogP contribution in [0.2, 0.25) is 5.02 Å². The first-order valence-corrected chi connectivity index (χ1v) is 9.87. The lowest BCUT2D eigenvalue weighted by Gasteiger charge is -2.30. The van der Waals surface area contributed by atoms with Gasteiger partial charge in [-0.1, -0.05) is 35.9 Å². The second-order valence-electron chi connectivity index (χ2n) is 6.45. The van der Waals surface area contributed by atoms with Gasteiger partial charge in [0.1, 0.15) is 11.3 Å². The van der Waals surface area contributed by atoms with Crippen LogP contribution in [-0.2, 0) is 9.53 Å². The quantitative estimate of drug-likeness (QED) is 0.726. The lowest BCUT2D eigenvalue weighted by molar-refractivity contribution is -0.139. The number of ether oxygens (including phenoxy) is 2. The maximum atomic E-state index is 12.7. The summed E-state index contributed by atoms with van der Waals surface area (Å²) in [7, 11) is 0. The third-order valence-electron chi connectivity index (χ3n) is 4.92. The first-order chi connectivity index (χ1) is 13.5. The van der Waals surface area contributed by atoms with Crippen molar-refractivity contribution in [3.05, 3.63) is 70.1 Å². The van der Waals surface area contributed by atoms with E-state index in [4.69, 9.17) is 26.8 Å². The molecule has 0 aromatic heterocycles. The highest BCUT2D eigenvalue weighted by atomic mass is 35.5. The summed E-state index contributed by atoms with van der Waals surface area (Å²) in [5, 5.41) is 0.558. The fourth-order valence-electron chi connectivity index (χ4n) is 3.57. The Bertz CT molecular complexity index is 906. The van der Waals surface area contributed by atoms with Gasteiger partial charge in [-0.25, -0.2) is 4.79 Å². The van der Waals surface area contributed by atoms with Crippen molar-refractivity contribution in [1.29, 1.82) is 0 Å². The van der Waals surface area contributed by atoms with E-state index in [1.165, 1.54) is 0 Å². The van der Waals surface area contributed by atoms with Crippen LogP contribution in [0.1, 0.15) is 37.8 Å². The van der Waals surface area contributed by atoms with Crippen LogP contribution in [-0.4, -0.2) is 25.7 Å². The number of anilines is 1. The first-order valence-electron chi connectivity index (χ1n) is 9.49. The zero-order chi connectivity index (χ0) is 20.3. The fraction of sp³-hybridized carbons (Fsp3) is 0.318. The number of carbonyl (C=O) groups excluding carboxylic acids is 1. The molecule has 28 heavy (non-hydrogen) atoms. The molecule has 1 aliphatic rings. The monoisotopic (exact) mass is 400 g/mol. The van der Waals surface area contributed by atoms with Crippen LogP contribution < -0.4 is 15.4 Å². The number of fused-ring (bicyclic) bond motifs is 1. The van der Waals surface area contributed by atoms with Gasteiger partial charge in [-0.15, -0.1) is 0 Å². The predicted octanol–water partition coefficient (Wildman–Crippen LogP) is 4.44. The molecule has 0 saturated carbocycles. The number of esters is 1. The molecule has 6 heteroatoms. The Kier molecular flexibility index (Phi) is 6.15. The van der Waals surface area contributed by atoms with Gasteiger partial charge in [0.2, 0.25) is 5.88 Å². The van der Waals surface area contributed by atoms with Crippen molar-refractivity contribution < 1.29 is 14.3 Å². The van der Waals surface area contributed by atoms with Crippen molar-refractivity contribution in [2.24, 2.45) is 5.73 Å². The molecule has 0 fully saturated rings. The lowest BCUT2D eigenvalue weighted by atomic mass is 9.83. The largest absolute Gasteiger partial charge is 0.462 e. The molecule has 2 aromatic rings. The van der Waals surface area contributed by atoms with Gasteiger partial charge in [0, 0.05) is 35.4 Å². The van der Waals surface area contributed by atoms with E-state index in [1.807, 2.05) is 36.4 Å². The Hall–Kier alpha value is -2.66. The summed E-state index contributed by atoms with van der Waals surface area (Å²) < 4.78 is 11.1. The van der Waals surface area contributed by atoms with Crippen LogP contribution in [0.15, 0.2) is 53.9 Å². The van der Waals surface area contributed by atoms with Crippen molar-refractivity contribution in [3.63, 3.8) is 0 Å². The van der Waals surface area contributed by atoms with E-state index < -0.39 is 11.9 Å². The van der Waals surface area contributed by atoms with E-state index in [0.717, 1.165) is 29.9 Å². The molecule has 2 aromatic carbocycles. The van der Waals surface area contributed by atoms with Crippen molar-refractivity contribution in [2.45, 2.75) is 26.7 Å². The van der Waals surface area contributed by atoms with E-state index in [1.54, 1.807) is 13.0 Å². The third kappa shape index (κ3) is 3.67. The summed E-state index contributed by atoms with van der Waals surface area (Å²) in [5.41, 5.74) is 9.13. The van der Waals surface area contributed by atoms with Crippen LogP contribution in [0.3, 0.4) is 0 Å². The number of rotatable bonds is 6. The van der Waals surface area contributed by atoms with Gasteiger partial charge in [0.25, 0.3) is 0 Å².